The summed E-state index contributed by atoms with van der Waals surface area (Å²) in [5, 5.41) is 0. The summed E-state index contributed by atoms with van der Waals surface area (Å²) in [6.07, 6.45) is 5.65. The van der Waals surface area contributed by atoms with E-state index in [1.54, 1.807) is 18.3 Å². The number of nitrogens with two attached hydrogens (primary N) is 1. The molecule has 1 heterocycles. The van der Waals surface area contributed by atoms with Crippen molar-refractivity contribution in [1.82, 2.24) is 4.98 Å². The van der Waals surface area contributed by atoms with Gasteiger partial charge in [0.1, 0.15) is 0 Å². The predicted octanol–water partition coefficient (Wildman–Crippen LogP) is 2.45. The maximum Gasteiger partial charge on any atom is 0.167 e. The molecule has 0 radical (unpaired) electrons. The average molecular weight is 266 g/mol. The maximum atomic E-state index is 12.3. The van der Waals surface area contributed by atoms with Gasteiger partial charge in [-0.25, -0.2) is 0 Å². The first-order valence-corrected chi connectivity index (χ1v) is 7.05. The van der Waals surface area contributed by atoms with E-state index in [2.05, 4.69) is 23.2 Å². The second-order valence-electron chi connectivity index (χ2n) is 5.30. The maximum absolute atomic E-state index is 12.3. The number of rotatable bonds is 4. The first-order valence-electron chi connectivity index (χ1n) is 7.05. The van der Waals surface area contributed by atoms with Crippen LogP contribution in [0.2, 0.25) is 0 Å². The molecule has 1 aromatic heterocycles. The third kappa shape index (κ3) is 2.63. The van der Waals surface area contributed by atoms with Crippen molar-refractivity contribution in [2.75, 3.05) is 0 Å². The molecule has 0 unspecified atom stereocenters. The highest BCUT2D eigenvalue weighted by atomic mass is 16.1. The Labute approximate surface area is 118 Å². The van der Waals surface area contributed by atoms with Crippen molar-refractivity contribution in [3.05, 3.63) is 64.5 Å². The van der Waals surface area contributed by atoms with E-state index < -0.39 is 0 Å². The lowest BCUT2D eigenvalue weighted by molar-refractivity contribution is 0.0992. The molecule has 0 amide bonds. The monoisotopic (exact) mass is 266 g/mol. The summed E-state index contributed by atoms with van der Waals surface area (Å²) < 4.78 is 0. The molecule has 1 aromatic carbocycles. The van der Waals surface area contributed by atoms with Crippen LogP contribution in [-0.2, 0) is 25.8 Å². The van der Waals surface area contributed by atoms with E-state index in [4.69, 9.17) is 5.73 Å². The van der Waals surface area contributed by atoms with Crippen LogP contribution < -0.4 is 5.73 Å². The zero-order chi connectivity index (χ0) is 13.9. The second-order valence-corrected chi connectivity index (χ2v) is 5.30. The smallest absolute Gasteiger partial charge is 0.167 e. The van der Waals surface area contributed by atoms with E-state index in [9.17, 15) is 4.79 Å². The highest BCUT2D eigenvalue weighted by Gasteiger charge is 2.13. The van der Waals surface area contributed by atoms with Crippen molar-refractivity contribution in [2.24, 2.45) is 5.73 Å². The zero-order valence-corrected chi connectivity index (χ0v) is 11.4. The van der Waals surface area contributed by atoms with Gasteiger partial charge in [-0.15, -0.1) is 0 Å². The van der Waals surface area contributed by atoms with E-state index in [0.29, 0.717) is 18.5 Å². The van der Waals surface area contributed by atoms with Crippen LogP contribution in [0.1, 0.15) is 39.2 Å². The molecule has 1 aliphatic rings. The number of nitrogens with zero attached hydrogens (tertiary/aromatic N) is 1. The predicted molar refractivity (Wildman–Crippen MR) is 78.6 cm³/mol. The summed E-state index contributed by atoms with van der Waals surface area (Å²) in [5.74, 6) is 0.125. The Hall–Kier alpha value is -2.00. The highest BCUT2D eigenvalue weighted by molar-refractivity contribution is 5.97. The summed E-state index contributed by atoms with van der Waals surface area (Å²) in [5.41, 5.74) is 11.0. The van der Waals surface area contributed by atoms with E-state index in [1.165, 1.54) is 24.0 Å². The third-order valence-corrected chi connectivity index (χ3v) is 3.88. The van der Waals surface area contributed by atoms with Crippen molar-refractivity contribution < 1.29 is 4.79 Å². The standard InChI is InChI=1S/C17H18N2O/c18-11-16-10-15(6-7-19-16)17(20)9-12-4-5-13-2-1-3-14(13)8-12/h4-8,10H,1-3,9,11,18H2. The van der Waals surface area contributed by atoms with Gasteiger partial charge >= 0.3 is 0 Å². The van der Waals surface area contributed by atoms with Gasteiger partial charge in [-0.1, -0.05) is 18.2 Å². The zero-order valence-electron chi connectivity index (χ0n) is 11.4. The normalized spacial score (nSPS) is 13.2. The number of carbonyl (C=O) groups is 1. The molecule has 0 saturated heterocycles. The van der Waals surface area contributed by atoms with Gasteiger partial charge in [-0.05, 0) is 48.1 Å². The van der Waals surface area contributed by atoms with Crippen LogP contribution in [0.5, 0.6) is 0 Å². The van der Waals surface area contributed by atoms with Crippen molar-refractivity contribution in [1.29, 1.82) is 0 Å². The molecule has 102 valence electrons. The summed E-state index contributed by atoms with van der Waals surface area (Å²) >= 11 is 0. The van der Waals surface area contributed by atoms with Crippen molar-refractivity contribution in [2.45, 2.75) is 32.2 Å². The van der Waals surface area contributed by atoms with Crippen molar-refractivity contribution in [3.8, 4) is 0 Å². The van der Waals surface area contributed by atoms with E-state index in [-0.39, 0.29) is 5.78 Å². The molecular formula is C17H18N2O. The molecule has 20 heavy (non-hydrogen) atoms. The average Bonchev–Trinajstić information content (AvgIpc) is 2.95. The SMILES string of the molecule is NCc1cc(C(=O)Cc2ccc3c(c2)CCC3)ccn1. The Morgan fingerprint density at radius 2 is 2.00 bits per heavy atom. The summed E-state index contributed by atoms with van der Waals surface area (Å²) in [4.78, 5) is 16.4. The third-order valence-electron chi connectivity index (χ3n) is 3.88. The molecule has 3 heteroatoms. The molecule has 3 rings (SSSR count). The summed E-state index contributed by atoms with van der Waals surface area (Å²) in [7, 11) is 0. The number of pyridine rings is 1. The van der Waals surface area contributed by atoms with Crippen LogP contribution in [0.25, 0.3) is 0 Å². The fourth-order valence-electron chi connectivity index (χ4n) is 2.79. The Kier molecular flexibility index (Phi) is 3.61. The lowest BCUT2D eigenvalue weighted by atomic mass is 10.00. The number of carbonyl (C=O) groups excluding carboxylic acids is 1. The number of Topliss-reactive ketones (excluding diaryl/α,β-unsaturated/α-hetero) is 1. The van der Waals surface area contributed by atoms with E-state index >= 15 is 0 Å². The van der Waals surface area contributed by atoms with Crippen LogP contribution in [0, 0.1) is 0 Å². The van der Waals surface area contributed by atoms with Gasteiger partial charge in [0.25, 0.3) is 0 Å². The largest absolute Gasteiger partial charge is 0.325 e. The lowest BCUT2D eigenvalue weighted by Gasteiger charge is -2.05. The second kappa shape index (κ2) is 5.55. The van der Waals surface area contributed by atoms with Crippen molar-refractivity contribution in [3.63, 3.8) is 0 Å². The molecule has 0 fully saturated rings. The number of benzene rings is 1. The molecule has 2 N–H and O–H groups in total. The van der Waals surface area contributed by atoms with Gasteiger partial charge in [0.2, 0.25) is 0 Å². The molecule has 2 aromatic rings. The highest BCUT2D eigenvalue weighted by Crippen LogP contribution is 2.23. The van der Waals surface area contributed by atoms with Gasteiger partial charge in [-0.3, -0.25) is 9.78 Å². The number of ketones is 1. The Morgan fingerprint density at radius 1 is 1.15 bits per heavy atom. The van der Waals surface area contributed by atoms with Gasteiger partial charge < -0.3 is 5.73 Å². The van der Waals surface area contributed by atoms with Crippen LogP contribution in [0.15, 0.2) is 36.5 Å². The molecule has 0 saturated carbocycles. The molecular weight excluding hydrogens is 248 g/mol. The van der Waals surface area contributed by atoms with E-state index in [1.807, 2.05) is 0 Å². The Morgan fingerprint density at radius 3 is 2.85 bits per heavy atom. The van der Waals surface area contributed by atoms with Gasteiger partial charge in [0.05, 0.1) is 5.69 Å². The number of hydrogen-bond acceptors (Lipinski definition) is 3. The van der Waals surface area contributed by atoms with Crippen LogP contribution in [0.3, 0.4) is 0 Å². The van der Waals surface area contributed by atoms with Crippen LogP contribution >= 0.6 is 0 Å². The molecule has 0 aliphatic heterocycles. The first-order chi connectivity index (χ1) is 9.76. The Bertz CT molecular complexity index is 649. The topological polar surface area (TPSA) is 56.0 Å². The molecule has 0 bridgehead atoms. The molecule has 1 aliphatic carbocycles. The minimum atomic E-state index is 0.125. The minimum Gasteiger partial charge on any atom is -0.325 e. The lowest BCUT2D eigenvalue weighted by Crippen LogP contribution is -2.07. The number of aryl methyl sites for hydroxylation is 2. The molecule has 0 atom stereocenters. The van der Waals surface area contributed by atoms with Crippen molar-refractivity contribution >= 4 is 5.78 Å². The fourth-order valence-corrected chi connectivity index (χ4v) is 2.79. The molecule has 3 nitrogen and oxygen atoms in total. The van der Waals surface area contributed by atoms with Gasteiger partial charge in [0, 0.05) is 24.7 Å². The van der Waals surface area contributed by atoms with Gasteiger partial charge in [0.15, 0.2) is 5.78 Å². The Balaban J connectivity index is 1.78. The van der Waals surface area contributed by atoms with Gasteiger partial charge in [-0.2, -0.15) is 0 Å². The fraction of sp³-hybridized carbons (Fsp3) is 0.294. The quantitative estimate of drug-likeness (QED) is 0.865. The number of aromatic nitrogens is 1. The summed E-state index contributed by atoms with van der Waals surface area (Å²) in [6.45, 7) is 0.361. The summed E-state index contributed by atoms with van der Waals surface area (Å²) in [6, 6.07) is 9.98. The first kappa shape index (κ1) is 13.0. The van der Waals surface area contributed by atoms with Crippen LogP contribution in [-0.4, -0.2) is 10.8 Å². The number of hydrogen-bond donors (Lipinski definition) is 1. The minimum absolute atomic E-state index is 0.125. The number of fused-ring (bicyclic) bond motifs is 1. The molecule has 0 spiro atoms. The van der Waals surface area contributed by atoms with E-state index in [0.717, 1.165) is 17.7 Å². The van der Waals surface area contributed by atoms with Crippen LogP contribution in [0.4, 0.5) is 0 Å².